The molecule has 0 saturated carbocycles. The van der Waals surface area contributed by atoms with Gasteiger partial charge in [0.2, 0.25) is 0 Å². The quantitative estimate of drug-likeness (QED) is 0.551. The molecule has 1 unspecified atom stereocenters. The molecule has 0 heterocycles. The molecular formula is C12H12F4O. The van der Waals surface area contributed by atoms with E-state index in [1.165, 1.54) is 12.1 Å². The summed E-state index contributed by atoms with van der Waals surface area (Å²) in [5.74, 6) is -0.884. The number of hydrogen-bond acceptors (Lipinski definition) is 1. The van der Waals surface area contributed by atoms with Crippen LogP contribution in [0.2, 0.25) is 0 Å². The van der Waals surface area contributed by atoms with Gasteiger partial charge < -0.3 is 4.74 Å². The maximum Gasteiger partial charge on any atom is 0.344 e. The van der Waals surface area contributed by atoms with Crippen molar-refractivity contribution in [1.82, 2.24) is 0 Å². The van der Waals surface area contributed by atoms with Crippen LogP contribution in [0, 0.1) is 5.82 Å². The van der Waals surface area contributed by atoms with Gasteiger partial charge in [0.1, 0.15) is 11.6 Å². The molecule has 94 valence electrons. The topological polar surface area (TPSA) is 9.23 Å². The zero-order valence-corrected chi connectivity index (χ0v) is 9.44. The molecule has 17 heavy (non-hydrogen) atoms. The highest BCUT2D eigenvalue weighted by molar-refractivity contribution is 5.32. The van der Waals surface area contributed by atoms with Crippen LogP contribution < -0.4 is 4.74 Å². The van der Waals surface area contributed by atoms with Gasteiger partial charge in [-0.05, 0) is 30.0 Å². The minimum atomic E-state index is -2.57. The van der Waals surface area contributed by atoms with Crippen LogP contribution in [0.4, 0.5) is 17.6 Å². The SMILES string of the molecule is CCC(C)c1cc(F)cc(OC(F)=C(F)F)c1. The summed E-state index contributed by atoms with van der Waals surface area (Å²) < 4.78 is 53.6. The molecular weight excluding hydrogens is 236 g/mol. The molecule has 0 aliphatic carbocycles. The van der Waals surface area contributed by atoms with Crippen LogP contribution >= 0.6 is 0 Å². The molecule has 1 aromatic rings. The van der Waals surface area contributed by atoms with Crippen molar-refractivity contribution < 1.29 is 22.3 Å². The molecule has 0 aromatic heterocycles. The minimum Gasteiger partial charge on any atom is -0.428 e. The number of halogens is 4. The van der Waals surface area contributed by atoms with Gasteiger partial charge in [-0.25, -0.2) is 4.39 Å². The van der Waals surface area contributed by atoms with E-state index in [-0.39, 0.29) is 11.7 Å². The van der Waals surface area contributed by atoms with Crippen molar-refractivity contribution in [3.63, 3.8) is 0 Å². The van der Waals surface area contributed by atoms with Crippen LogP contribution in [0.5, 0.6) is 5.75 Å². The van der Waals surface area contributed by atoms with Gasteiger partial charge in [-0.2, -0.15) is 13.2 Å². The van der Waals surface area contributed by atoms with E-state index in [9.17, 15) is 17.6 Å². The molecule has 1 aromatic carbocycles. The van der Waals surface area contributed by atoms with Gasteiger partial charge in [0, 0.05) is 6.07 Å². The van der Waals surface area contributed by atoms with E-state index in [0.29, 0.717) is 5.56 Å². The molecule has 0 amide bonds. The maximum atomic E-state index is 13.2. The fourth-order valence-electron chi connectivity index (χ4n) is 1.31. The smallest absolute Gasteiger partial charge is 0.344 e. The largest absolute Gasteiger partial charge is 0.428 e. The lowest BCUT2D eigenvalue weighted by Crippen LogP contribution is -1.96. The Morgan fingerprint density at radius 3 is 2.41 bits per heavy atom. The van der Waals surface area contributed by atoms with E-state index in [4.69, 9.17) is 0 Å². The first-order chi connectivity index (χ1) is 7.93. The van der Waals surface area contributed by atoms with Crippen LogP contribution in [0.1, 0.15) is 31.7 Å². The van der Waals surface area contributed by atoms with Crippen molar-refractivity contribution in [1.29, 1.82) is 0 Å². The van der Waals surface area contributed by atoms with Crippen LogP contribution in [0.15, 0.2) is 30.3 Å². The molecule has 1 rings (SSSR count). The Kier molecular flexibility index (Phi) is 4.54. The summed E-state index contributed by atoms with van der Waals surface area (Å²) in [6, 6.07) is 1.47. The van der Waals surface area contributed by atoms with Gasteiger partial charge in [0.05, 0.1) is 0 Å². The zero-order valence-electron chi connectivity index (χ0n) is 9.44. The summed E-state index contributed by atoms with van der Waals surface area (Å²) >= 11 is 0. The number of ether oxygens (including phenoxy) is 1. The van der Waals surface area contributed by atoms with Gasteiger partial charge in [-0.15, -0.1) is 0 Å². The van der Waals surface area contributed by atoms with Crippen LogP contribution in [-0.2, 0) is 0 Å². The molecule has 0 radical (unpaired) electrons. The lowest BCUT2D eigenvalue weighted by Gasteiger charge is -2.11. The molecule has 0 aliphatic rings. The summed E-state index contributed by atoms with van der Waals surface area (Å²) in [5.41, 5.74) is 0.578. The van der Waals surface area contributed by atoms with E-state index in [0.717, 1.165) is 12.5 Å². The normalized spacial score (nSPS) is 12.1. The van der Waals surface area contributed by atoms with Crippen LogP contribution in [0.3, 0.4) is 0 Å². The molecule has 1 nitrogen and oxygen atoms in total. The average Bonchev–Trinajstić information content (AvgIpc) is 2.26. The summed E-state index contributed by atoms with van der Waals surface area (Å²) in [4.78, 5) is 0. The van der Waals surface area contributed by atoms with Gasteiger partial charge >= 0.3 is 12.1 Å². The van der Waals surface area contributed by atoms with Crippen molar-refractivity contribution in [3.05, 3.63) is 41.7 Å². The van der Waals surface area contributed by atoms with Gasteiger partial charge in [-0.1, -0.05) is 13.8 Å². The Morgan fingerprint density at radius 2 is 1.88 bits per heavy atom. The maximum absolute atomic E-state index is 13.2. The second-order valence-corrected chi connectivity index (χ2v) is 3.67. The van der Waals surface area contributed by atoms with E-state index >= 15 is 0 Å². The monoisotopic (exact) mass is 248 g/mol. The van der Waals surface area contributed by atoms with E-state index in [1.54, 1.807) is 0 Å². The number of hydrogen-bond donors (Lipinski definition) is 0. The Bertz CT molecular complexity index is 425. The Labute approximate surface area is 96.7 Å². The molecule has 5 heteroatoms. The summed E-state index contributed by atoms with van der Waals surface area (Å²) in [6.45, 7) is 3.75. The first-order valence-corrected chi connectivity index (χ1v) is 5.13. The lowest BCUT2D eigenvalue weighted by molar-refractivity contribution is 0.240. The third kappa shape index (κ3) is 3.76. The fourth-order valence-corrected chi connectivity index (χ4v) is 1.31. The van der Waals surface area contributed by atoms with Gasteiger partial charge in [0.25, 0.3) is 0 Å². The zero-order chi connectivity index (χ0) is 13.0. The lowest BCUT2D eigenvalue weighted by atomic mass is 9.98. The van der Waals surface area contributed by atoms with Crippen molar-refractivity contribution in [2.45, 2.75) is 26.2 Å². The highest BCUT2D eigenvalue weighted by Gasteiger charge is 2.11. The molecule has 0 fully saturated rings. The summed E-state index contributed by atoms with van der Waals surface area (Å²) in [5, 5.41) is 0. The number of benzene rings is 1. The predicted octanol–water partition coefficient (Wildman–Crippen LogP) is 4.75. The van der Waals surface area contributed by atoms with Crippen LogP contribution in [-0.4, -0.2) is 0 Å². The second kappa shape index (κ2) is 5.70. The standard InChI is InChI=1S/C12H12F4O/c1-3-7(2)8-4-9(13)6-10(5-8)17-12(16)11(14)15/h4-7H,3H2,1-2H3. The molecule has 0 saturated heterocycles. The Hall–Kier alpha value is -1.52. The van der Waals surface area contributed by atoms with E-state index in [2.05, 4.69) is 4.74 Å². The second-order valence-electron chi connectivity index (χ2n) is 3.67. The Morgan fingerprint density at radius 1 is 1.24 bits per heavy atom. The van der Waals surface area contributed by atoms with Gasteiger partial charge in [0.15, 0.2) is 0 Å². The Balaban J connectivity index is 3.02. The minimum absolute atomic E-state index is 0.0373. The van der Waals surface area contributed by atoms with Crippen molar-refractivity contribution in [2.75, 3.05) is 0 Å². The van der Waals surface area contributed by atoms with Crippen molar-refractivity contribution in [3.8, 4) is 5.75 Å². The van der Waals surface area contributed by atoms with Crippen molar-refractivity contribution >= 4 is 0 Å². The van der Waals surface area contributed by atoms with E-state index in [1.807, 2.05) is 13.8 Å². The highest BCUT2D eigenvalue weighted by atomic mass is 19.3. The molecule has 0 bridgehead atoms. The first kappa shape index (κ1) is 13.5. The molecule has 0 spiro atoms. The first-order valence-electron chi connectivity index (χ1n) is 5.13. The van der Waals surface area contributed by atoms with Crippen molar-refractivity contribution in [2.24, 2.45) is 0 Å². The van der Waals surface area contributed by atoms with E-state index < -0.39 is 17.9 Å². The fraction of sp³-hybridized carbons (Fsp3) is 0.333. The molecule has 0 aliphatic heterocycles. The predicted molar refractivity (Wildman–Crippen MR) is 56.1 cm³/mol. The summed E-state index contributed by atoms with van der Waals surface area (Å²) in [6.07, 6.45) is -1.82. The van der Waals surface area contributed by atoms with Crippen LogP contribution in [0.25, 0.3) is 0 Å². The summed E-state index contributed by atoms with van der Waals surface area (Å²) in [7, 11) is 0. The number of rotatable bonds is 4. The van der Waals surface area contributed by atoms with Gasteiger partial charge in [-0.3, -0.25) is 0 Å². The third-order valence-electron chi connectivity index (χ3n) is 2.43. The third-order valence-corrected chi connectivity index (χ3v) is 2.43. The highest BCUT2D eigenvalue weighted by Crippen LogP contribution is 2.26. The average molecular weight is 248 g/mol. The molecule has 0 N–H and O–H groups in total. The molecule has 1 atom stereocenters.